The second-order valence-corrected chi connectivity index (χ2v) is 1.84. The molecule has 0 fully saturated rings. The summed E-state index contributed by atoms with van der Waals surface area (Å²) < 4.78 is 29.1. The van der Waals surface area contributed by atoms with Gasteiger partial charge in [-0.1, -0.05) is 0 Å². The molecule has 1 aromatic rings. The van der Waals surface area contributed by atoms with E-state index in [1.54, 1.807) is 0 Å². The Kier molecular flexibility index (Phi) is 1.72. The van der Waals surface area contributed by atoms with Crippen molar-refractivity contribution in [1.29, 1.82) is 0 Å². The highest BCUT2D eigenvalue weighted by Crippen LogP contribution is 2.26. The van der Waals surface area contributed by atoms with Gasteiger partial charge in [0.05, 0.1) is 6.26 Å². The van der Waals surface area contributed by atoms with E-state index >= 15 is 0 Å². The van der Waals surface area contributed by atoms with Crippen LogP contribution in [0, 0.1) is 0 Å². The van der Waals surface area contributed by atoms with Crippen molar-refractivity contribution in [2.75, 3.05) is 6.61 Å². The number of hydrogen-bond donors (Lipinski definition) is 1. The molecule has 1 rings (SSSR count). The summed E-state index contributed by atoms with van der Waals surface area (Å²) in [6.45, 7) is -1.22. The first-order valence-corrected chi connectivity index (χ1v) is 2.69. The standard InChI is InChI=1S/C6H6F2O2/c7-6(8,4-9)5-2-1-3-10-5/h1-3,9H,4H2. The van der Waals surface area contributed by atoms with E-state index in [-0.39, 0.29) is 0 Å². The molecular weight excluding hydrogens is 142 g/mol. The predicted octanol–water partition coefficient (Wildman–Crippen LogP) is 1.36. The fourth-order valence-corrected chi connectivity index (χ4v) is 0.565. The smallest absolute Gasteiger partial charge is 0.327 e. The van der Waals surface area contributed by atoms with Gasteiger partial charge < -0.3 is 9.52 Å². The zero-order chi connectivity index (χ0) is 7.61. The molecule has 0 bridgehead atoms. The van der Waals surface area contributed by atoms with Crippen molar-refractivity contribution in [2.45, 2.75) is 5.92 Å². The van der Waals surface area contributed by atoms with Crippen LogP contribution in [0.15, 0.2) is 22.8 Å². The minimum Gasteiger partial charge on any atom is -0.463 e. The zero-order valence-corrected chi connectivity index (χ0v) is 5.05. The Hall–Kier alpha value is -0.900. The fraction of sp³-hybridized carbons (Fsp3) is 0.333. The van der Waals surface area contributed by atoms with Gasteiger partial charge in [-0.25, -0.2) is 0 Å². The van der Waals surface area contributed by atoms with Crippen molar-refractivity contribution in [3.8, 4) is 0 Å². The van der Waals surface area contributed by atoms with E-state index < -0.39 is 18.3 Å². The maximum Gasteiger partial charge on any atom is 0.327 e. The molecule has 0 aliphatic carbocycles. The lowest BCUT2D eigenvalue weighted by Gasteiger charge is -2.07. The van der Waals surface area contributed by atoms with Gasteiger partial charge in [-0.3, -0.25) is 0 Å². The van der Waals surface area contributed by atoms with Crippen LogP contribution in [-0.4, -0.2) is 11.7 Å². The molecule has 1 N–H and O–H groups in total. The molecule has 56 valence electrons. The van der Waals surface area contributed by atoms with Crippen molar-refractivity contribution >= 4 is 0 Å². The summed E-state index contributed by atoms with van der Waals surface area (Å²) >= 11 is 0. The largest absolute Gasteiger partial charge is 0.463 e. The van der Waals surface area contributed by atoms with Gasteiger partial charge in [-0.05, 0) is 12.1 Å². The minimum atomic E-state index is -3.25. The summed E-state index contributed by atoms with van der Waals surface area (Å²) in [5, 5.41) is 8.16. The van der Waals surface area contributed by atoms with E-state index in [9.17, 15) is 8.78 Å². The number of halogens is 2. The average Bonchev–Trinajstić information content (AvgIpc) is 2.38. The number of aliphatic hydroxyl groups excluding tert-OH is 1. The van der Waals surface area contributed by atoms with E-state index in [2.05, 4.69) is 4.42 Å². The van der Waals surface area contributed by atoms with E-state index in [1.807, 2.05) is 0 Å². The van der Waals surface area contributed by atoms with Crippen LogP contribution >= 0.6 is 0 Å². The van der Waals surface area contributed by atoms with Crippen LogP contribution in [0.25, 0.3) is 0 Å². The van der Waals surface area contributed by atoms with Crippen molar-refractivity contribution in [2.24, 2.45) is 0 Å². The van der Waals surface area contributed by atoms with Gasteiger partial charge in [-0.15, -0.1) is 0 Å². The monoisotopic (exact) mass is 148 g/mol. The van der Waals surface area contributed by atoms with Crippen LogP contribution in [0.1, 0.15) is 5.76 Å². The third-order valence-corrected chi connectivity index (χ3v) is 1.08. The quantitative estimate of drug-likeness (QED) is 0.687. The van der Waals surface area contributed by atoms with Crippen LogP contribution < -0.4 is 0 Å². The number of furan rings is 1. The predicted molar refractivity (Wildman–Crippen MR) is 29.7 cm³/mol. The number of alkyl halides is 2. The van der Waals surface area contributed by atoms with E-state index in [0.29, 0.717) is 0 Å². The highest BCUT2D eigenvalue weighted by molar-refractivity contribution is 5.05. The molecule has 0 aromatic carbocycles. The number of rotatable bonds is 2. The first kappa shape index (κ1) is 7.21. The first-order chi connectivity index (χ1) is 4.67. The lowest BCUT2D eigenvalue weighted by Crippen LogP contribution is -2.17. The van der Waals surface area contributed by atoms with Gasteiger partial charge in [0.2, 0.25) is 0 Å². The molecule has 0 saturated heterocycles. The lowest BCUT2D eigenvalue weighted by atomic mass is 10.3. The highest BCUT2D eigenvalue weighted by atomic mass is 19.3. The van der Waals surface area contributed by atoms with E-state index in [0.717, 1.165) is 12.3 Å². The number of hydrogen-bond acceptors (Lipinski definition) is 2. The lowest BCUT2D eigenvalue weighted by molar-refractivity contribution is -0.0722. The molecule has 1 aromatic heterocycles. The average molecular weight is 148 g/mol. The van der Waals surface area contributed by atoms with E-state index in [1.165, 1.54) is 6.07 Å². The van der Waals surface area contributed by atoms with Crippen LogP contribution in [0.4, 0.5) is 8.78 Å². The van der Waals surface area contributed by atoms with Crippen molar-refractivity contribution in [3.63, 3.8) is 0 Å². The van der Waals surface area contributed by atoms with Crippen LogP contribution in [0.5, 0.6) is 0 Å². The normalized spacial score (nSPS) is 11.9. The second-order valence-electron chi connectivity index (χ2n) is 1.84. The molecule has 0 saturated carbocycles. The fourth-order valence-electron chi connectivity index (χ4n) is 0.565. The Morgan fingerprint density at radius 3 is 2.70 bits per heavy atom. The third-order valence-electron chi connectivity index (χ3n) is 1.08. The minimum absolute atomic E-state index is 0.505. The summed E-state index contributed by atoms with van der Waals surface area (Å²) in [5.41, 5.74) is 0. The topological polar surface area (TPSA) is 33.4 Å². The van der Waals surface area contributed by atoms with E-state index in [4.69, 9.17) is 5.11 Å². The summed E-state index contributed by atoms with van der Waals surface area (Å²) in [5.74, 6) is -3.75. The van der Waals surface area contributed by atoms with Gasteiger partial charge in [-0.2, -0.15) is 8.78 Å². The zero-order valence-electron chi connectivity index (χ0n) is 5.05. The van der Waals surface area contributed by atoms with Crippen molar-refractivity contribution < 1.29 is 18.3 Å². The Labute approximate surface area is 56.1 Å². The molecule has 10 heavy (non-hydrogen) atoms. The maximum absolute atomic E-state index is 12.4. The second kappa shape index (κ2) is 2.38. The summed E-state index contributed by atoms with van der Waals surface area (Å²) in [6.07, 6.45) is 1.14. The Bertz CT molecular complexity index is 194. The number of aliphatic hydroxyl groups is 1. The Balaban J connectivity index is 2.85. The Morgan fingerprint density at radius 2 is 2.30 bits per heavy atom. The molecule has 0 aliphatic heterocycles. The van der Waals surface area contributed by atoms with Crippen molar-refractivity contribution in [3.05, 3.63) is 24.2 Å². The molecule has 0 amide bonds. The first-order valence-electron chi connectivity index (χ1n) is 2.69. The molecule has 1 heterocycles. The van der Waals surface area contributed by atoms with Gasteiger partial charge in [0, 0.05) is 0 Å². The van der Waals surface area contributed by atoms with Gasteiger partial charge in [0.25, 0.3) is 0 Å². The van der Waals surface area contributed by atoms with Crippen LogP contribution in [-0.2, 0) is 5.92 Å². The highest BCUT2D eigenvalue weighted by Gasteiger charge is 2.33. The van der Waals surface area contributed by atoms with Crippen molar-refractivity contribution in [1.82, 2.24) is 0 Å². The van der Waals surface area contributed by atoms with Gasteiger partial charge in [0.15, 0.2) is 5.76 Å². The van der Waals surface area contributed by atoms with Crippen LogP contribution in [0.2, 0.25) is 0 Å². The summed E-state index contributed by atoms with van der Waals surface area (Å²) in [6, 6.07) is 2.47. The third kappa shape index (κ3) is 1.16. The van der Waals surface area contributed by atoms with Gasteiger partial charge >= 0.3 is 5.92 Å². The van der Waals surface area contributed by atoms with Crippen LogP contribution in [0.3, 0.4) is 0 Å². The molecule has 4 heteroatoms. The Morgan fingerprint density at radius 1 is 1.60 bits per heavy atom. The molecule has 0 radical (unpaired) electrons. The molecule has 0 unspecified atom stereocenters. The molecule has 0 atom stereocenters. The molecule has 2 nitrogen and oxygen atoms in total. The maximum atomic E-state index is 12.4. The van der Waals surface area contributed by atoms with Gasteiger partial charge in [0.1, 0.15) is 6.61 Å². The molecular formula is C6H6F2O2. The molecule has 0 aliphatic rings. The summed E-state index contributed by atoms with van der Waals surface area (Å²) in [4.78, 5) is 0. The molecule has 0 spiro atoms. The summed E-state index contributed by atoms with van der Waals surface area (Å²) in [7, 11) is 0. The SMILES string of the molecule is OCC(F)(F)c1ccco1.